The second-order valence-electron chi connectivity index (χ2n) is 3.26. The van der Waals surface area contributed by atoms with E-state index in [0.717, 1.165) is 22.6 Å². The van der Waals surface area contributed by atoms with Crippen molar-refractivity contribution in [3.63, 3.8) is 0 Å². The molecule has 0 bridgehead atoms. The highest BCUT2D eigenvalue weighted by Crippen LogP contribution is 2.19. The smallest absolute Gasteiger partial charge is 0.0923 e. The summed E-state index contributed by atoms with van der Waals surface area (Å²) in [5.41, 5.74) is 4.32. The van der Waals surface area contributed by atoms with Gasteiger partial charge in [-0.2, -0.15) is 5.10 Å². The second kappa shape index (κ2) is 3.54. The lowest BCUT2D eigenvalue weighted by atomic mass is 10.1. The van der Waals surface area contributed by atoms with Crippen LogP contribution in [0.3, 0.4) is 0 Å². The normalized spacial score (nSPS) is 10.1. The van der Waals surface area contributed by atoms with Crippen molar-refractivity contribution in [2.45, 2.75) is 6.92 Å². The number of rotatable bonds is 2. The van der Waals surface area contributed by atoms with Gasteiger partial charge in [-0.1, -0.05) is 12.1 Å². The van der Waals surface area contributed by atoms with Gasteiger partial charge in [-0.25, -0.2) is 0 Å². The Morgan fingerprint density at radius 3 is 2.43 bits per heavy atom. The monoisotopic (exact) mass is 187 g/mol. The molecule has 72 valence electrons. The highest BCUT2D eigenvalue weighted by molar-refractivity contribution is 5.62. The van der Waals surface area contributed by atoms with Crippen molar-refractivity contribution in [2.75, 3.05) is 12.4 Å². The minimum atomic E-state index is 0.991. The lowest BCUT2D eigenvalue weighted by Gasteiger charge is -2.00. The lowest BCUT2D eigenvalue weighted by molar-refractivity contribution is 1.05. The lowest BCUT2D eigenvalue weighted by Crippen LogP contribution is -1.86. The first-order valence-electron chi connectivity index (χ1n) is 4.60. The van der Waals surface area contributed by atoms with Crippen molar-refractivity contribution in [1.82, 2.24) is 10.2 Å². The average molecular weight is 187 g/mol. The summed E-state index contributed by atoms with van der Waals surface area (Å²) < 4.78 is 0. The Hall–Kier alpha value is -1.77. The molecule has 0 aliphatic heterocycles. The molecule has 0 radical (unpaired) electrons. The third kappa shape index (κ3) is 1.62. The average Bonchev–Trinajstić information content (AvgIpc) is 2.65. The van der Waals surface area contributed by atoms with Crippen LogP contribution in [-0.4, -0.2) is 17.2 Å². The Kier molecular flexibility index (Phi) is 2.23. The standard InChI is InChI=1S/C11H13N3/c1-8-7-11(14-13-8)9-3-5-10(12-2)6-4-9/h3-7,12H,1-2H3,(H,13,14). The summed E-state index contributed by atoms with van der Waals surface area (Å²) in [6.07, 6.45) is 0. The Morgan fingerprint density at radius 2 is 1.93 bits per heavy atom. The minimum Gasteiger partial charge on any atom is -0.388 e. The molecule has 0 atom stereocenters. The van der Waals surface area contributed by atoms with Crippen LogP contribution < -0.4 is 5.32 Å². The van der Waals surface area contributed by atoms with Gasteiger partial charge < -0.3 is 5.32 Å². The fraction of sp³-hybridized carbons (Fsp3) is 0.182. The summed E-state index contributed by atoms with van der Waals surface area (Å²) >= 11 is 0. The summed E-state index contributed by atoms with van der Waals surface area (Å²) in [4.78, 5) is 0. The van der Waals surface area contributed by atoms with Crippen LogP contribution in [0, 0.1) is 6.92 Å². The molecular weight excluding hydrogens is 174 g/mol. The maximum atomic E-state index is 4.20. The molecule has 3 nitrogen and oxygen atoms in total. The van der Waals surface area contributed by atoms with E-state index >= 15 is 0 Å². The van der Waals surface area contributed by atoms with Gasteiger partial charge in [-0.3, -0.25) is 5.10 Å². The molecule has 1 aromatic heterocycles. The highest BCUT2D eigenvalue weighted by atomic mass is 15.1. The van der Waals surface area contributed by atoms with Crippen LogP contribution in [0.4, 0.5) is 5.69 Å². The van der Waals surface area contributed by atoms with Gasteiger partial charge in [-0.05, 0) is 25.1 Å². The molecule has 0 saturated carbocycles. The molecule has 0 spiro atoms. The van der Waals surface area contributed by atoms with E-state index in [1.54, 1.807) is 0 Å². The van der Waals surface area contributed by atoms with E-state index in [9.17, 15) is 0 Å². The molecule has 0 unspecified atom stereocenters. The molecule has 0 aliphatic rings. The quantitative estimate of drug-likeness (QED) is 0.758. The van der Waals surface area contributed by atoms with E-state index in [4.69, 9.17) is 0 Å². The van der Waals surface area contributed by atoms with Gasteiger partial charge >= 0.3 is 0 Å². The van der Waals surface area contributed by atoms with Gasteiger partial charge in [0.1, 0.15) is 0 Å². The minimum absolute atomic E-state index is 0.991. The number of H-pyrrole nitrogens is 1. The number of benzene rings is 1. The predicted molar refractivity (Wildman–Crippen MR) is 58.3 cm³/mol. The van der Waals surface area contributed by atoms with Crippen LogP contribution >= 0.6 is 0 Å². The molecule has 1 heterocycles. The van der Waals surface area contributed by atoms with Gasteiger partial charge in [0.05, 0.1) is 5.69 Å². The fourth-order valence-electron chi connectivity index (χ4n) is 1.37. The highest BCUT2D eigenvalue weighted by Gasteiger charge is 2.00. The first-order valence-corrected chi connectivity index (χ1v) is 4.60. The van der Waals surface area contributed by atoms with E-state index in [2.05, 4.69) is 27.6 Å². The summed E-state index contributed by atoms with van der Waals surface area (Å²) in [7, 11) is 1.91. The van der Waals surface area contributed by atoms with Gasteiger partial charge in [0, 0.05) is 24.0 Å². The third-order valence-electron chi connectivity index (χ3n) is 2.18. The van der Waals surface area contributed by atoms with Crippen molar-refractivity contribution in [3.8, 4) is 11.3 Å². The van der Waals surface area contributed by atoms with Crippen LogP contribution in [0.5, 0.6) is 0 Å². The second-order valence-corrected chi connectivity index (χ2v) is 3.26. The summed E-state index contributed by atoms with van der Waals surface area (Å²) in [6.45, 7) is 2.00. The topological polar surface area (TPSA) is 40.7 Å². The third-order valence-corrected chi connectivity index (χ3v) is 2.18. The molecule has 0 aliphatic carbocycles. The van der Waals surface area contributed by atoms with E-state index < -0.39 is 0 Å². The predicted octanol–water partition coefficient (Wildman–Crippen LogP) is 2.43. The molecule has 3 heteroatoms. The summed E-state index contributed by atoms with van der Waals surface area (Å²) in [5.74, 6) is 0. The first kappa shape index (κ1) is 8.81. The van der Waals surface area contributed by atoms with Crippen LogP contribution in [-0.2, 0) is 0 Å². The Morgan fingerprint density at radius 1 is 1.21 bits per heavy atom. The number of aryl methyl sites for hydroxylation is 1. The SMILES string of the molecule is CNc1ccc(-c2cc(C)[nH]n2)cc1. The van der Waals surface area contributed by atoms with Gasteiger partial charge in [-0.15, -0.1) is 0 Å². The van der Waals surface area contributed by atoms with Crippen molar-refractivity contribution >= 4 is 5.69 Å². The maximum absolute atomic E-state index is 4.20. The largest absolute Gasteiger partial charge is 0.388 e. The zero-order chi connectivity index (χ0) is 9.97. The van der Waals surface area contributed by atoms with Crippen LogP contribution in [0.1, 0.15) is 5.69 Å². The maximum Gasteiger partial charge on any atom is 0.0923 e. The van der Waals surface area contributed by atoms with Gasteiger partial charge in [0.15, 0.2) is 0 Å². The van der Waals surface area contributed by atoms with E-state index in [1.165, 1.54) is 0 Å². The zero-order valence-corrected chi connectivity index (χ0v) is 8.33. The summed E-state index contributed by atoms with van der Waals surface area (Å²) in [6, 6.07) is 10.2. The van der Waals surface area contributed by atoms with E-state index in [0.29, 0.717) is 0 Å². The number of nitrogens with zero attached hydrogens (tertiary/aromatic N) is 1. The molecule has 2 aromatic rings. The van der Waals surface area contributed by atoms with E-state index in [-0.39, 0.29) is 0 Å². The van der Waals surface area contributed by atoms with Crippen molar-refractivity contribution < 1.29 is 0 Å². The molecule has 14 heavy (non-hydrogen) atoms. The molecule has 0 saturated heterocycles. The van der Waals surface area contributed by atoms with Gasteiger partial charge in [0.25, 0.3) is 0 Å². The molecule has 0 amide bonds. The molecule has 2 rings (SSSR count). The Bertz CT molecular complexity index is 414. The summed E-state index contributed by atoms with van der Waals surface area (Å²) in [5, 5.41) is 10.2. The number of aromatic nitrogens is 2. The van der Waals surface area contributed by atoms with E-state index in [1.807, 2.05) is 32.2 Å². The number of anilines is 1. The number of hydrogen-bond donors (Lipinski definition) is 2. The number of hydrogen-bond acceptors (Lipinski definition) is 2. The zero-order valence-electron chi connectivity index (χ0n) is 8.33. The van der Waals surface area contributed by atoms with Crippen molar-refractivity contribution in [1.29, 1.82) is 0 Å². The van der Waals surface area contributed by atoms with Crippen molar-refractivity contribution in [2.24, 2.45) is 0 Å². The molecule has 0 fully saturated rings. The van der Waals surface area contributed by atoms with Crippen LogP contribution in [0.25, 0.3) is 11.3 Å². The van der Waals surface area contributed by atoms with Crippen LogP contribution in [0.2, 0.25) is 0 Å². The van der Waals surface area contributed by atoms with Crippen molar-refractivity contribution in [3.05, 3.63) is 36.0 Å². The Balaban J connectivity index is 2.33. The first-order chi connectivity index (χ1) is 6.79. The molecule has 1 aromatic carbocycles. The molecule has 2 N–H and O–H groups in total. The fourth-order valence-corrected chi connectivity index (χ4v) is 1.37. The number of aromatic amines is 1. The Labute approximate surface area is 83.2 Å². The van der Waals surface area contributed by atoms with Crippen LogP contribution in [0.15, 0.2) is 30.3 Å². The molecular formula is C11H13N3. The van der Waals surface area contributed by atoms with Gasteiger partial charge in [0.2, 0.25) is 0 Å². The number of nitrogens with one attached hydrogen (secondary N) is 2.